The van der Waals surface area contributed by atoms with Crippen molar-refractivity contribution in [2.45, 2.75) is 19.8 Å². The molecule has 0 atom stereocenters. The molecule has 0 saturated heterocycles. The van der Waals surface area contributed by atoms with Gasteiger partial charge in [-0.15, -0.1) is 0 Å². The fraction of sp³-hybridized carbons (Fsp3) is 0.444. The van der Waals surface area contributed by atoms with Crippen molar-refractivity contribution in [3.63, 3.8) is 0 Å². The Bertz CT molecular complexity index is 214. The molecule has 11 heavy (non-hydrogen) atoms. The van der Waals surface area contributed by atoms with Crippen molar-refractivity contribution in [3.8, 4) is 0 Å². The average molecular weight is 151 g/mol. The first-order chi connectivity index (χ1) is 5.34. The van der Waals surface area contributed by atoms with Gasteiger partial charge in [-0.05, 0) is 25.3 Å². The molecule has 1 rings (SSSR count). The molecule has 2 nitrogen and oxygen atoms in total. The molecule has 0 aliphatic heterocycles. The zero-order chi connectivity index (χ0) is 8.10. The highest BCUT2D eigenvalue weighted by Gasteiger charge is 2.00. The van der Waals surface area contributed by atoms with E-state index in [-0.39, 0.29) is 0 Å². The summed E-state index contributed by atoms with van der Waals surface area (Å²) in [5.41, 5.74) is 2.13. The Balaban J connectivity index is 2.66. The van der Waals surface area contributed by atoms with E-state index >= 15 is 0 Å². The Labute approximate surface area is 67.2 Å². The van der Waals surface area contributed by atoms with Crippen LogP contribution in [-0.4, -0.2) is 12.8 Å². The number of allylic oxidation sites excluding steroid dienone is 4. The second-order valence-corrected chi connectivity index (χ2v) is 2.50. The van der Waals surface area contributed by atoms with Crippen LogP contribution in [0.25, 0.3) is 0 Å². The lowest BCUT2D eigenvalue weighted by Gasteiger charge is -2.04. The highest BCUT2D eigenvalue weighted by molar-refractivity contribution is 6.00. The highest BCUT2D eigenvalue weighted by atomic mass is 16.6. The molecular formula is C9H13NO. The van der Waals surface area contributed by atoms with Crippen molar-refractivity contribution in [3.05, 3.63) is 23.8 Å². The first-order valence-electron chi connectivity index (χ1n) is 3.79. The topological polar surface area (TPSA) is 21.6 Å². The summed E-state index contributed by atoms with van der Waals surface area (Å²) in [4.78, 5) is 4.67. The summed E-state index contributed by atoms with van der Waals surface area (Å²) in [6.07, 6.45) is 8.68. The lowest BCUT2D eigenvalue weighted by atomic mass is 10.0. The first kappa shape index (κ1) is 8.05. The van der Waals surface area contributed by atoms with E-state index in [1.807, 2.05) is 6.92 Å². The predicted octanol–water partition coefficient (Wildman–Crippen LogP) is 2.29. The van der Waals surface area contributed by atoms with Crippen molar-refractivity contribution in [1.82, 2.24) is 0 Å². The van der Waals surface area contributed by atoms with Gasteiger partial charge < -0.3 is 4.84 Å². The monoisotopic (exact) mass is 151 g/mol. The molecule has 2 heteroatoms. The zero-order valence-electron chi connectivity index (χ0n) is 7.00. The Morgan fingerprint density at radius 1 is 1.55 bits per heavy atom. The molecule has 0 amide bonds. The minimum absolute atomic E-state index is 0.948. The van der Waals surface area contributed by atoms with Gasteiger partial charge in [-0.1, -0.05) is 23.4 Å². The van der Waals surface area contributed by atoms with E-state index < -0.39 is 0 Å². The summed E-state index contributed by atoms with van der Waals surface area (Å²) in [5, 5.41) is 3.85. The van der Waals surface area contributed by atoms with Gasteiger partial charge in [0.25, 0.3) is 0 Å². The molecule has 0 saturated carbocycles. The van der Waals surface area contributed by atoms with Crippen LogP contribution in [0.5, 0.6) is 0 Å². The molecule has 0 aromatic carbocycles. The molecule has 0 spiro atoms. The number of nitrogens with zero attached hydrogens (tertiary/aromatic N) is 1. The Hall–Kier alpha value is -1.05. The predicted molar refractivity (Wildman–Crippen MR) is 46.6 cm³/mol. The van der Waals surface area contributed by atoms with Gasteiger partial charge in [0.2, 0.25) is 0 Å². The average Bonchev–Trinajstić information content (AvgIpc) is 2.07. The van der Waals surface area contributed by atoms with Crippen molar-refractivity contribution >= 4 is 5.71 Å². The molecule has 0 heterocycles. The summed E-state index contributed by atoms with van der Waals surface area (Å²) in [6.45, 7) is 1.95. The third kappa shape index (κ3) is 2.22. The smallest absolute Gasteiger partial charge is 0.106 e. The molecule has 1 aliphatic carbocycles. The maximum absolute atomic E-state index is 4.67. The van der Waals surface area contributed by atoms with E-state index in [1.165, 1.54) is 5.57 Å². The highest BCUT2D eigenvalue weighted by Crippen LogP contribution is 2.10. The quantitative estimate of drug-likeness (QED) is 0.438. The molecule has 0 aromatic rings. The van der Waals surface area contributed by atoms with Crippen LogP contribution in [-0.2, 0) is 4.84 Å². The van der Waals surface area contributed by atoms with E-state index in [2.05, 4.69) is 28.2 Å². The van der Waals surface area contributed by atoms with Gasteiger partial charge in [0.05, 0.1) is 5.71 Å². The molecule has 0 fully saturated rings. The van der Waals surface area contributed by atoms with E-state index in [9.17, 15) is 0 Å². The summed E-state index contributed by atoms with van der Waals surface area (Å²) >= 11 is 0. The lowest BCUT2D eigenvalue weighted by Crippen LogP contribution is -1.97. The van der Waals surface area contributed by atoms with Crippen molar-refractivity contribution < 1.29 is 4.84 Å². The van der Waals surface area contributed by atoms with E-state index in [0.717, 1.165) is 18.6 Å². The van der Waals surface area contributed by atoms with Crippen LogP contribution in [0.3, 0.4) is 0 Å². The van der Waals surface area contributed by atoms with Crippen LogP contribution in [0.4, 0.5) is 0 Å². The molecule has 0 unspecified atom stereocenters. The van der Waals surface area contributed by atoms with E-state index in [0.29, 0.717) is 0 Å². The first-order valence-corrected chi connectivity index (χ1v) is 3.79. The van der Waals surface area contributed by atoms with Gasteiger partial charge in [0.15, 0.2) is 0 Å². The summed E-state index contributed by atoms with van der Waals surface area (Å²) in [6, 6.07) is 0. The Morgan fingerprint density at radius 3 is 2.91 bits per heavy atom. The molecule has 60 valence electrons. The number of oxime groups is 1. The number of hydrogen-bond acceptors (Lipinski definition) is 2. The summed E-state index contributed by atoms with van der Waals surface area (Å²) in [5.74, 6) is 0. The summed E-state index contributed by atoms with van der Waals surface area (Å²) < 4.78 is 0. The van der Waals surface area contributed by atoms with Crippen LogP contribution in [0.2, 0.25) is 0 Å². The fourth-order valence-electron chi connectivity index (χ4n) is 1.07. The molecule has 0 N–H and O–H groups in total. The molecule has 0 bridgehead atoms. The normalized spacial score (nSPS) is 18.0. The standard InChI is InChI=1S/C9H13NO/c1-8(10-11-2)9-6-4-3-5-7-9/h4,6-7H,3,5H2,1-2H3/b10-8+. The van der Waals surface area contributed by atoms with Crippen molar-refractivity contribution in [1.29, 1.82) is 0 Å². The van der Waals surface area contributed by atoms with Gasteiger partial charge >= 0.3 is 0 Å². The van der Waals surface area contributed by atoms with Crippen LogP contribution in [0, 0.1) is 0 Å². The molecule has 0 radical (unpaired) electrons. The zero-order valence-corrected chi connectivity index (χ0v) is 7.00. The van der Waals surface area contributed by atoms with Crippen molar-refractivity contribution in [2.75, 3.05) is 7.11 Å². The van der Waals surface area contributed by atoms with Gasteiger partial charge in [0, 0.05) is 0 Å². The second kappa shape index (κ2) is 3.96. The maximum Gasteiger partial charge on any atom is 0.106 e. The van der Waals surface area contributed by atoms with Crippen molar-refractivity contribution in [2.24, 2.45) is 5.16 Å². The maximum atomic E-state index is 4.67. The van der Waals surface area contributed by atoms with Crippen LogP contribution >= 0.6 is 0 Å². The fourth-order valence-corrected chi connectivity index (χ4v) is 1.07. The largest absolute Gasteiger partial charge is 0.399 e. The van der Waals surface area contributed by atoms with Gasteiger partial charge in [0.1, 0.15) is 7.11 Å². The molecule has 0 aromatic heterocycles. The second-order valence-electron chi connectivity index (χ2n) is 2.50. The SMILES string of the molecule is CO/N=C(\C)C1=CCCC=C1. The lowest BCUT2D eigenvalue weighted by molar-refractivity contribution is 0.213. The Kier molecular flexibility index (Phi) is 2.90. The van der Waals surface area contributed by atoms with Crippen LogP contribution in [0.15, 0.2) is 29.0 Å². The van der Waals surface area contributed by atoms with E-state index in [4.69, 9.17) is 0 Å². The van der Waals surface area contributed by atoms with Gasteiger partial charge in [-0.2, -0.15) is 0 Å². The Morgan fingerprint density at radius 2 is 2.36 bits per heavy atom. The summed E-state index contributed by atoms with van der Waals surface area (Å²) in [7, 11) is 1.57. The van der Waals surface area contributed by atoms with Crippen LogP contribution < -0.4 is 0 Å². The minimum Gasteiger partial charge on any atom is -0.399 e. The van der Waals surface area contributed by atoms with Gasteiger partial charge in [-0.25, -0.2) is 0 Å². The van der Waals surface area contributed by atoms with Gasteiger partial charge in [-0.3, -0.25) is 0 Å². The number of rotatable bonds is 2. The molecule has 1 aliphatic rings. The molecular weight excluding hydrogens is 138 g/mol. The third-order valence-corrected chi connectivity index (χ3v) is 1.64. The minimum atomic E-state index is 0.948. The van der Waals surface area contributed by atoms with E-state index in [1.54, 1.807) is 7.11 Å². The number of hydrogen-bond donors (Lipinski definition) is 0. The van der Waals surface area contributed by atoms with Crippen LogP contribution in [0.1, 0.15) is 19.8 Å². The third-order valence-electron chi connectivity index (χ3n) is 1.64.